The van der Waals surface area contributed by atoms with Gasteiger partial charge in [0.05, 0.1) is 6.10 Å². The molecule has 0 aliphatic carbocycles. The molecule has 0 saturated heterocycles. The summed E-state index contributed by atoms with van der Waals surface area (Å²) in [5.74, 6) is 0. The Hall–Kier alpha value is -1.86. The normalized spacial score (nSPS) is 12.7. The van der Waals surface area contributed by atoms with E-state index in [0.29, 0.717) is 0 Å². The van der Waals surface area contributed by atoms with E-state index in [1.165, 1.54) is 11.1 Å². The lowest BCUT2D eigenvalue weighted by Gasteiger charge is -2.06. The molecule has 2 aromatic carbocycles. The highest BCUT2D eigenvalue weighted by molar-refractivity contribution is 5.25. The van der Waals surface area contributed by atoms with Crippen molar-refractivity contribution in [3.05, 3.63) is 83.4 Å². The Bertz CT molecular complexity index is 511. The van der Waals surface area contributed by atoms with Gasteiger partial charge >= 0.3 is 0 Å². The van der Waals surface area contributed by atoms with Gasteiger partial charge in [0, 0.05) is 0 Å². The maximum Gasteiger partial charge on any atom is 0.0971 e. The second-order valence-corrected chi connectivity index (χ2v) is 4.81. The Morgan fingerprint density at radius 2 is 1.68 bits per heavy atom. The van der Waals surface area contributed by atoms with Crippen LogP contribution in [0, 0.1) is 6.92 Å². The molecule has 0 saturated carbocycles. The standard InChI is InChI=1S/C18H20O/c1-15-11-13-17(14-12-15)18(19)10-6-5-9-16-7-3-2-4-8-16/h2-4,6-8,10-14,18-19H,5,9H2,1H3/b10-6+/t18-/m1/s1. The molecule has 1 atom stereocenters. The van der Waals surface area contributed by atoms with Gasteiger partial charge in [0.15, 0.2) is 0 Å². The Kier molecular flexibility index (Phi) is 4.93. The summed E-state index contributed by atoms with van der Waals surface area (Å²) in [6.45, 7) is 2.05. The highest BCUT2D eigenvalue weighted by Crippen LogP contribution is 2.15. The van der Waals surface area contributed by atoms with Crippen LogP contribution in [-0.4, -0.2) is 5.11 Å². The van der Waals surface area contributed by atoms with Crippen LogP contribution in [-0.2, 0) is 6.42 Å². The summed E-state index contributed by atoms with van der Waals surface area (Å²) in [4.78, 5) is 0. The molecule has 98 valence electrons. The number of hydrogen-bond acceptors (Lipinski definition) is 1. The molecule has 0 aliphatic heterocycles. The zero-order valence-electron chi connectivity index (χ0n) is 11.3. The molecule has 1 nitrogen and oxygen atoms in total. The summed E-state index contributed by atoms with van der Waals surface area (Å²) < 4.78 is 0. The van der Waals surface area contributed by atoms with Gasteiger partial charge in [0.2, 0.25) is 0 Å². The molecule has 1 N–H and O–H groups in total. The lowest BCUT2D eigenvalue weighted by molar-refractivity contribution is 0.228. The number of hydrogen-bond donors (Lipinski definition) is 1. The first kappa shape index (κ1) is 13.6. The number of aryl methyl sites for hydroxylation is 2. The van der Waals surface area contributed by atoms with Crippen LogP contribution in [0.25, 0.3) is 0 Å². The second-order valence-electron chi connectivity index (χ2n) is 4.81. The minimum atomic E-state index is -0.503. The SMILES string of the molecule is Cc1ccc([C@H](O)/C=C/CCc2ccccc2)cc1. The average Bonchev–Trinajstić information content (AvgIpc) is 2.45. The maximum absolute atomic E-state index is 10.0. The lowest BCUT2D eigenvalue weighted by atomic mass is 10.1. The van der Waals surface area contributed by atoms with E-state index in [1.807, 2.05) is 43.3 Å². The van der Waals surface area contributed by atoms with Crippen molar-refractivity contribution in [2.75, 3.05) is 0 Å². The van der Waals surface area contributed by atoms with E-state index < -0.39 is 6.10 Å². The molecule has 0 spiro atoms. The van der Waals surface area contributed by atoms with Crippen LogP contribution in [0.2, 0.25) is 0 Å². The van der Waals surface area contributed by atoms with E-state index in [0.717, 1.165) is 18.4 Å². The van der Waals surface area contributed by atoms with Crippen molar-refractivity contribution >= 4 is 0 Å². The quantitative estimate of drug-likeness (QED) is 0.790. The molecule has 0 bridgehead atoms. The van der Waals surface area contributed by atoms with Crippen LogP contribution in [0.1, 0.15) is 29.2 Å². The fourth-order valence-corrected chi connectivity index (χ4v) is 1.99. The van der Waals surface area contributed by atoms with Crippen LogP contribution in [0.15, 0.2) is 66.7 Å². The number of allylic oxidation sites excluding steroid dienone is 1. The molecule has 2 rings (SSSR count). The first-order chi connectivity index (χ1) is 9.25. The summed E-state index contributed by atoms with van der Waals surface area (Å²) in [6.07, 6.45) is 5.38. The highest BCUT2D eigenvalue weighted by Gasteiger charge is 2.01. The van der Waals surface area contributed by atoms with Crippen molar-refractivity contribution in [2.45, 2.75) is 25.9 Å². The van der Waals surface area contributed by atoms with Crippen LogP contribution < -0.4 is 0 Å². The van der Waals surface area contributed by atoms with Gasteiger partial charge in [0.1, 0.15) is 0 Å². The maximum atomic E-state index is 10.0. The smallest absolute Gasteiger partial charge is 0.0971 e. The van der Waals surface area contributed by atoms with Crippen molar-refractivity contribution in [1.29, 1.82) is 0 Å². The molecule has 0 unspecified atom stereocenters. The lowest BCUT2D eigenvalue weighted by Crippen LogP contribution is -1.93. The summed E-state index contributed by atoms with van der Waals surface area (Å²) in [6, 6.07) is 18.4. The third kappa shape index (κ3) is 4.38. The van der Waals surface area contributed by atoms with Gasteiger partial charge in [-0.2, -0.15) is 0 Å². The molecule has 0 fully saturated rings. The third-order valence-corrected chi connectivity index (χ3v) is 3.18. The topological polar surface area (TPSA) is 20.2 Å². The molecule has 19 heavy (non-hydrogen) atoms. The van der Waals surface area contributed by atoms with E-state index in [2.05, 4.69) is 30.3 Å². The van der Waals surface area contributed by atoms with Crippen LogP contribution in [0.5, 0.6) is 0 Å². The Morgan fingerprint density at radius 1 is 1.00 bits per heavy atom. The van der Waals surface area contributed by atoms with Gasteiger partial charge in [-0.15, -0.1) is 0 Å². The fourth-order valence-electron chi connectivity index (χ4n) is 1.99. The Balaban J connectivity index is 1.83. The first-order valence-electron chi connectivity index (χ1n) is 6.71. The summed E-state index contributed by atoms with van der Waals surface area (Å²) in [5, 5.41) is 10.0. The van der Waals surface area contributed by atoms with Crippen molar-refractivity contribution in [1.82, 2.24) is 0 Å². The third-order valence-electron chi connectivity index (χ3n) is 3.18. The van der Waals surface area contributed by atoms with E-state index in [1.54, 1.807) is 0 Å². The average molecular weight is 252 g/mol. The predicted octanol–water partition coefficient (Wildman–Crippen LogP) is 4.22. The molecule has 0 radical (unpaired) electrons. The predicted molar refractivity (Wildman–Crippen MR) is 80.0 cm³/mol. The van der Waals surface area contributed by atoms with Crippen LogP contribution in [0.4, 0.5) is 0 Å². The van der Waals surface area contributed by atoms with Crippen molar-refractivity contribution < 1.29 is 5.11 Å². The van der Waals surface area contributed by atoms with Gasteiger partial charge < -0.3 is 5.11 Å². The second kappa shape index (κ2) is 6.91. The van der Waals surface area contributed by atoms with Crippen molar-refractivity contribution in [3.63, 3.8) is 0 Å². The fraction of sp³-hybridized carbons (Fsp3) is 0.222. The number of aliphatic hydroxyl groups excluding tert-OH is 1. The monoisotopic (exact) mass is 252 g/mol. The van der Waals surface area contributed by atoms with Crippen molar-refractivity contribution in [2.24, 2.45) is 0 Å². The summed E-state index contributed by atoms with van der Waals surface area (Å²) >= 11 is 0. The molecule has 1 heteroatoms. The van der Waals surface area contributed by atoms with Gasteiger partial charge in [-0.3, -0.25) is 0 Å². The van der Waals surface area contributed by atoms with E-state index in [9.17, 15) is 5.11 Å². The minimum Gasteiger partial charge on any atom is -0.384 e. The molecular formula is C18H20O. The molecule has 0 aromatic heterocycles. The number of rotatable bonds is 5. The molecular weight excluding hydrogens is 232 g/mol. The van der Waals surface area contributed by atoms with Crippen LogP contribution >= 0.6 is 0 Å². The molecule has 0 aliphatic rings. The zero-order valence-corrected chi connectivity index (χ0v) is 11.3. The number of benzene rings is 2. The highest BCUT2D eigenvalue weighted by atomic mass is 16.3. The van der Waals surface area contributed by atoms with E-state index >= 15 is 0 Å². The zero-order chi connectivity index (χ0) is 13.5. The van der Waals surface area contributed by atoms with Gasteiger partial charge in [0.25, 0.3) is 0 Å². The van der Waals surface area contributed by atoms with Crippen LogP contribution in [0.3, 0.4) is 0 Å². The van der Waals surface area contributed by atoms with Gasteiger partial charge in [-0.05, 0) is 30.9 Å². The Morgan fingerprint density at radius 3 is 2.37 bits per heavy atom. The number of aliphatic hydroxyl groups is 1. The largest absolute Gasteiger partial charge is 0.384 e. The summed E-state index contributed by atoms with van der Waals surface area (Å²) in [7, 11) is 0. The summed E-state index contributed by atoms with van der Waals surface area (Å²) in [5.41, 5.74) is 3.49. The Labute approximate surface area is 115 Å². The van der Waals surface area contributed by atoms with E-state index in [-0.39, 0.29) is 0 Å². The minimum absolute atomic E-state index is 0.503. The van der Waals surface area contributed by atoms with Gasteiger partial charge in [-0.25, -0.2) is 0 Å². The molecule has 0 amide bonds. The van der Waals surface area contributed by atoms with Gasteiger partial charge in [-0.1, -0.05) is 72.3 Å². The molecule has 2 aromatic rings. The first-order valence-corrected chi connectivity index (χ1v) is 6.71. The van der Waals surface area contributed by atoms with E-state index in [4.69, 9.17) is 0 Å². The molecule has 0 heterocycles. The van der Waals surface area contributed by atoms with Crippen molar-refractivity contribution in [3.8, 4) is 0 Å².